The molecule has 17 heavy (non-hydrogen) atoms. The van der Waals surface area contributed by atoms with Gasteiger partial charge in [-0.25, -0.2) is 4.98 Å². The molecule has 1 fully saturated rings. The second-order valence-corrected chi connectivity index (χ2v) is 4.54. The van der Waals surface area contributed by atoms with Crippen LogP contribution in [-0.4, -0.2) is 42.1 Å². The lowest BCUT2D eigenvalue weighted by molar-refractivity contribution is 0.0741. The Morgan fingerprint density at radius 3 is 3.00 bits per heavy atom. The van der Waals surface area contributed by atoms with Crippen molar-refractivity contribution in [2.45, 2.75) is 6.42 Å². The second kappa shape index (κ2) is 5.67. The Morgan fingerprint density at radius 2 is 2.18 bits per heavy atom. The lowest BCUT2D eigenvalue weighted by Gasteiger charge is -2.20. The summed E-state index contributed by atoms with van der Waals surface area (Å²) in [6.45, 7) is 2.50. The summed E-state index contributed by atoms with van der Waals surface area (Å²) in [5.74, 6) is -0.121. The van der Waals surface area contributed by atoms with Gasteiger partial charge in [0.2, 0.25) is 0 Å². The molecule has 0 N–H and O–H groups in total. The van der Waals surface area contributed by atoms with Crippen molar-refractivity contribution in [1.29, 1.82) is 0 Å². The van der Waals surface area contributed by atoms with E-state index in [2.05, 4.69) is 4.98 Å². The third kappa shape index (κ3) is 3.09. The molecule has 0 saturated carbocycles. The minimum Gasteiger partial charge on any atom is -0.380 e. The van der Waals surface area contributed by atoms with Crippen molar-refractivity contribution in [2.24, 2.45) is 0 Å². The molecule has 0 radical (unpaired) electrons. The Morgan fingerprint density at radius 1 is 1.35 bits per heavy atom. The number of pyridine rings is 1. The molecule has 0 unspecified atom stereocenters. The van der Waals surface area contributed by atoms with Crippen LogP contribution in [0.5, 0.6) is 0 Å². The molecule has 0 bridgehead atoms. The summed E-state index contributed by atoms with van der Waals surface area (Å²) in [5, 5.41) is 0.591. The predicted molar refractivity (Wildman–Crippen MR) is 65.6 cm³/mol. The van der Waals surface area contributed by atoms with E-state index in [1.165, 1.54) is 12.3 Å². The van der Waals surface area contributed by atoms with E-state index >= 15 is 0 Å². The molecular formula is C11H12Cl2N2O2. The lowest BCUT2D eigenvalue weighted by atomic mass is 10.2. The number of aromatic nitrogens is 1. The first kappa shape index (κ1) is 12.6. The van der Waals surface area contributed by atoms with Gasteiger partial charge in [0.1, 0.15) is 5.15 Å². The van der Waals surface area contributed by atoms with Crippen LogP contribution in [0.4, 0.5) is 0 Å². The number of carbonyl (C=O) groups is 1. The molecule has 0 spiro atoms. The summed E-state index contributed by atoms with van der Waals surface area (Å²) in [4.78, 5) is 17.8. The van der Waals surface area contributed by atoms with Gasteiger partial charge in [0.05, 0.1) is 17.2 Å². The van der Waals surface area contributed by atoms with Crippen LogP contribution < -0.4 is 0 Å². The average molecular weight is 275 g/mol. The van der Waals surface area contributed by atoms with E-state index in [1.54, 1.807) is 4.90 Å². The zero-order valence-corrected chi connectivity index (χ0v) is 10.7. The van der Waals surface area contributed by atoms with Crippen LogP contribution in [0.15, 0.2) is 12.3 Å². The number of halogens is 2. The predicted octanol–water partition coefficient (Wildman–Crippen LogP) is 2.25. The van der Waals surface area contributed by atoms with Gasteiger partial charge >= 0.3 is 0 Å². The number of rotatable bonds is 1. The van der Waals surface area contributed by atoms with Crippen molar-refractivity contribution >= 4 is 29.1 Å². The normalized spacial score (nSPS) is 16.7. The molecule has 92 valence electrons. The molecule has 1 aromatic rings. The third-order valence-corrected chi connectivity index (χ3v) is 3.07. The maximum Gasteiger partial charge on any atom is 0.255 e. The standard InChI is InChI=1S/C11H12Cl2N2O2/c12-9-7-14-10(13)6-8(9)11(16)15-2-1-4-17-5-3-15/h6-7H,1-5H2. The highest BCUT2D eigenvalue weighted by atomic mass is 35.5. The van der Waals surface area contributed by atoms with Gasteiger partial charge in [-0.05, 0) is 12.5 Å². The SMILES string of the molecule is O=C(c1cc(Cl)ncc1Cl)N1CCCOCC1. The Bertz CT molecular complexity index is 418. The maximum absolute atomic E-state index is 12.2. The summed E-state index contributed by atoms with van der Waals surface area (Å²) in [7, 11) is 0. The number of carbonyl (C=O) groups excluding carboxylic acids is 1. The van der Waals surface area contributed by atoms with Crippen molar-refractivity contribution in [2.75, 3.05) is 26.3 Å². The molecule has 1 amide bonds. The van der Waals surface area contributed by atoms with Gasteiger partial charge in [-0.1, -0.05) is 23.2 Å². The Labute approximate surface area is 109 Å². The molecule has 0 aliphatic carbocycles. The van der Waals surface area contributed by atoms with Crippen molar-refractivity contribution in [3.63, 3.8) is 0 Å². The summed E-state index contributed by atoms with van der Waals surface area (Å²) in [6, 6.07) is 1.50. The van der Waals surface area contributed by atoms with Gasteiger partial charge in [0.15, 0.2) is 0 Å². The summed E-state index contributed by atoms with van der Waals surface area (Å²) < 4.78 is 5.30. The van der Waals surface area contributed by atoms with Crippen LogP contribution in [0.1, 0.15) is 16.8 Å². The largest absolute Gasteiger partial charge is 0.380 e. The zero-order chi connectivity index (χ0) is 12.3. The van der Waals surface area contributed by atoms with E-state index in [1.807, 2.05) is 0 Å². The van der Waals surface area contributed by atoms with E-state index in [-0.39, 0.29) is 11.1 Å². The number of nitrogens with zero attached hydrogens (tertiary/aromatic N) is 2. The van der Waals surface area contributed by atoms with Crippen LogP contribution in [0.3, 0.4) is 0 Å². The van der Waals surface area contributed by atoms with Gasteiger partial charge in [-0.15, -0.1) is 0 Å². The smallest absolute Gasteiger partial charge is 0.255 e. The molecule has 2 rings (SSSR count). The zero-order valence-electron chi connectivity index (χ0n) is 9.16. The van der Waals surface area contributed by atoms with Crippen LogP contribution in [-0.2, 0) is 4.74 Å². The van der Waals surface area contributed by atoms with Crippen LogP contribution in [0.2, 0.25) is 10.2 Å². The molecule has 0 atom stereocenters. The Kier molecular flexibility index (Phi) is 4.20. The number of hydrogen-bond acceptors (Lipinski definition) is 3. The average Bonchev–Trinajstić information content (AvgIpc) is 2.60. The summed E-state index contributed by atoms with van der Waals surface area (Å²) in [5.41, 5.74) is 0.397. The molecule has 4 nitrogen and oxygen atoms in total. The minimum absolute atomic E-state index is 0.121. The minimum atomic E-state index is -0.121. The van der Waals surface area contributed by atoms with E-state index in [9.17, 15) is 4.79 Å². The molecule has 0 aromatic carbocycles. The van der Waals surface area contributed by atoms with Gasteiger partial charge in [-0.3, -0.25) is 4.79 Å². The van der Waals surface area contributed by atoms with Crippen molar-refractivity contribution in [3.8, 4) is 0 Å². The van der Waals surface area contributed by atoms with E-state index in [4.69, 9.17) is 27.9 Å². The highest BCUT2D eigenvalue weighted by Crippen LogP contribution is 2.20. The van der Waals surface area contributed by atoms with E-state index < -0.39 is 0 Å². The number of ether oxygens (including phenoxy) is 1. The van der Waals surface area contributed by atoms with Crippen molar-refractivity contribution in [3.05, 3.63) is 28.0 Å². The lowest BCUT2D eigenvalue weighted by Crippen LogP contribution is -2.33. The summed E-state index contributed by atoms with van der Waals surface area (Å²) >= 11 is 11.7. The molecule has 1 aromatic heterocycles. The van der Waals surface area contributed by atoms with E-state index in [0.717, 1.165) is 6.42 Å². The fraction of sp³-hybridized carbons (Fsp3) is 0.455. The third-order valence-electron chi connectivity index (χ3n) is 2.56. The Balaban J connectivity index is 2.20. The first-order chi connectivity index (χ1) is 8.18. The van der Waals surface area contributed by atoms with Gasteiger partial charge in [0.25, 0.3) is 5.91 Å². The first-order valence-electron chi connectivity index (χ1n) is 5.36. The van der Waals surface area contributed by atoms with Crippen LogP contribution >= 0.6 is 23.2 Å². The summed E-state index contributed by atoms with van der Waals surface area (Å²) in [6.07, 6.45) is 2.23. The Hall–Kier alpha value is -0.840. The molecule has 1 saturated heterocycles. The van der Waals surface area contributed by atoms with Crippen molar-refractivity contribution in [1.82, 2.24) is 9.88 Å². The van der Waals surface area contributed by atoms with Crippen LogP contribution in [0, 0.1) is 0 Å². The quantitative estimate of drug-likeness (QED) is 0.738. The van der Waals surface area contributed by atoms with Crippen LogP contribution in [0.25, 0.3) is 0 Å². The van der Waals surface area contributed by atoms with Gasteiger partial charge in [0, 0.05) is 25.9 Å². The van der Waals surface area contributed by atoms with Gasteiger partial charge in [-0.2, -0.15) is 0 Å². The monoisotopic (exact) mass is 274 g/mol. The van der Waals surface area contributed by atoms with Gasteiger partial charge < -0.3 is 9.64 Å². The highest BCUT2D eigenvalue weighted by Gasteiger charge is 2.20. The van der Waals surface area contributed by atoms with Crippen molar-refractivity contribution < 1.29 is 9.53 Å². The molecule has 1 aliphatic heterocycles. The fourth-order valence-corrected chi connectivity index (χ4v) is 2.04. The second-order valence-electron chi connectivity index (χ2n) is 3.74. The van der Waals surface area contributed by atoms with E-state index in [0.29, 0.717) is 36.9 Å². The molecule has 2 heterocycles. The first-order valence-corrected chi connectivity index (χ1v) is 6.12. The molecule has 6 heteroatoms. The fourth-order valence-electron chi connectivity index (χ4n) is 1.70. The molecule has 1 aliphatic rings. The highest BCUT2D eigenvalue weighted by molar-refractivity contribution is 6.35. The number of hydrogen-bond donors (Lipinski definition) is 0. The number of amides is 1. The maximum atomic E-state index is 12.2. The molecular weight excluding hydrogens is 263 g/mol. The topological polar surface area (TPSA) is 42.4 Å².